The zero-order valence-corrected chi connectivity index (χ0v) is 23.3. The van der Waals surface area contributed by atoms with Crippen LogP contribution in [0.5, 0.6) is 0 Å². The maximum atomic E-state index is 13.9. The van der Waals surface area contributed by atoms with Gasteiger partial charge < -0.3 is 26.0 Å². The Morgan fingerprint density at radius 3 is 2.43 bits per heavy atom. The van der Waals surface area contributed by atoms with Gasteiger partial charge >= 0.3 is 12.1 Å². The maximum absolute atomic E-state index is 13.9. The number of halogens is 3. The van der Waals surface area contributed by atoms with Gasteiger partial charge in [-0.25, -0.2) is 9.97 Å². The Balaban J connectivity index is 1.42. The number of anilines is 6. The number of benzene rings is 2. The lowest BCUT2D eigenvalue weighted by Crippen LogP contribution is -2.36. The molecule has 0 spiro atoms. The molecule has 0 unspecified atom stereocenters. The predicted octanol–water partition coefficient (Wildman–Crippen LogP) is 6.13. The molecule has 2 aromatic heterocycles. The van der Waals surface area contributed by atoms with Gasteiger partial charge in [0, 0.05) is 55.0 Å². The van der Waals surface area contributed by atoms with Crippen LogP contribution in [0, 0.1) is 19.8 Å². The van der Waals surface area contributed by atoms with Crippen LogP contribution in [0.4, 0.5) is 47.6 Å². The Morgan fingerprint density at radius 2 is 1.74 bits per heavy atom. The summed E-state index contributed by atoms with van der Waals surface area (Å²) in [6.07, 6.45) is -2.35. The fraction of sp³-hybridized carbons (Fsp3) is 0.310. The minimum atomic E-state index is -4.55. The van der Waals surface area contributed by atoms with Crippen molar-refractivity contribution < 1.29 is 23.1 Å². The molecule has 1 aliphatic heterocycles. The molecule has 4 aromatic rings. The van der Waals surface area contributed by atoms with Gasteiger partial charge in [0.25, 0.3) is 0 Å². The fourth-order valence-corrected chi connectivity index (χ4v) is 4.92. The number of aryl methyl sites for hydroxylation is 2. The Hall–Kier alpha value is -4.81. The first kappa shape index (κ1) is 28.7. The predicted molar refractivity (Wildman–Crippen MR) is 155 cm³/mol. The molecule has 0 aliphatic carbocycles. The minimum Gasteiger partial charge on any atom is -0.481 e. The number of nitrogens with one attached hydrogen (secondary N) is 3. The number of aromatic nitrogens is 4. The molecule has 1 aliphatic rings. The van der Waals surface area contributed by atoms with E-state index in [0.29, 0.717) is 54.8 Å². The molecule has 0 radical (unpaired) electrons. The van der Waals surface area contributed by atoms with Gasteiger partial charge in [-0.1, -0.05) is 6.07 Å². The lowest BCUT2D eigenvalue weighted by Gasteiger charge is -2.32. The molecule has 10 nitrogen and oxygen atoms in total. The van der Waals surface area contributed by atoms with E-state index in [2.05, 4.69) is 31.0 Å². The molecule has 4 N–H and O–H groups in total. The third-order valence-electron chi connectivity index (χ3n) is 7.20. The van der Waals surface area contributed by atoms with E-state index in [-0.39, 0.29) is 5.69 Å². The molecule has 0 bridgehead atoms. The topological polar surface area (TPSA) is 120 Å². The van der Waals surface area contributed by atoms with Crippen molar-refractivity contribution in [3.63, 3.8) is 0 Å². The molecule has 3 heterocycles. The summed E-state index contributed by atoms with van der Waals surface area (Å²) in [7, 11) is 1.76. The van der Waals surface area contributed by atoms with Crippen molar-refractivity contribution in [2.75, 3.05) is 41.0 Å². The minimum absolute atomic E-state index is 0.274. The fourth-order valence-electron chi connectivity index (χ4n) is 4.92. The number of carboxylic acids is 1. The summed E-state index contributed by atoms with van der Waals surface area (Å²) in [6.45, 7) is 4.52. The van der Waals surface area contributed by atoms with Crippen LogP contribution in [0.2, 0.25) is 0 Å². The number of aliphatic carboxylic acids is 1. The summed E-state index contributed by atoms with van der Waals surface area (Å²) in [6, 6.07) is 13.0. The molecule has 0 atom stereocenters. The molecule has 42 heavy (non-hydrogen) atoms. The second-order valence-electron chi connectivity index (χ2n) is 10.2. The van der Waals surface area contributed by atoms with Gasteiger partial charge in [-0.2, -0.15) is 23.0 Å². The second-order valence-corrected chi connectivity index (χ2v) is 10.2. The second kappa shape index (κ2) is 11.6. The number of hydrogen-bond acceptors (Lipinski definition) is 8. The lowest BCUT2D eigenvalue weighted by molar-refractivity contribution is -0.142. The third-order valence-corrected chi connectivity index (χ3v) is 7.20. The Morgan fingerprint density at radius 1 is 0.976 bits per heavy atom. The number of nitrogens with zero attached hydrogens (tertiary/aromatic N) is 5. The van der Waals surface area contributed by atoms with Crippen LogP contribution in [0.3, 0.4) is 0 Å². The van der Waals surface area contributed by atoms with Crippen LogP contribution < -0.4 is 20.9 Å². The summed E-state index contributed by atoms with van der Waals surface area (Å²) in [5, 5.41) is 23.3. The SMILES string of the molecule is CNc1cc(-n2nc(C)cc2Nc2cc(Nc3cc(N4CCC(C(=O)O)CC4)cc(C(F)(F)F)c3)ccc2C)ncn1. The summed E-state index contributed by atoms with van der Waals surface area (Å²) in [5.41, 5.74) is 2.88. The van der Waals surface area contributed by atoms with Gasteiger partial charge in [0.2, 0.25) is 0 Å². The molecule has 0 amide bonds. The number of hydrogen-bond donors (Lipinski definition) is 4. The third kappa shape index (κ3) is 6.40. The molecule has 13 heteroatoms. The largest absolute Gasteiger partial charge is 0.481 e. The van der Waals surface area contributed by atoms with Crippen molar-refractivity contribution >= 4 is 40.4 Å². The maximum Gasteiger partial charge on any atom is 0.416 e. The van der Waals surface area contributed by atoms with E-state index in [0.717, 1.165) is 29.1 Å². The van der Waals surface area contributed by atoms with Crippen LogP contribution in [0.1, 0.15) is 29.7 Å². The van der Waals surface area contributed by atoms with Gasteiger partial charge in [-0.3, -0.25) is 4.79 Å². The molecule has 220 valence electrons. The standard InChI is InChI=1S/C29H31F3N8O2/c1-17-4-5-21(14-24(17)37-27-10-18(2)38-40(27)26-15-25(33-3)34-16-35-26)36-22-11-20(29(30,31)32)12-23(13-22)39-8-6-19(7-9-39)28(41)42/h4-5,10-16,19,36-37H,6-9H2,1-3H3,(H,41,42)(H,33,34,35). The van der Waals surface area contributed by atoms with Gasteiger partial charge in [0.15, 0.2) is 5.82 Å². The highest BCUT2D eigenvalue weighted by atomic mass is 19.4. The quantitative estimate of drug-likeness (QED) is 0.195. The Kier molecular flexibility index (Phi) is 7.92. The molecular formula is C29H31F3N8O2. The van der Waals surface area contributed by atoms with Crippen molar-refractivity contribution in [1.82, 2.24) is 19.7 Å². The normalized spacial score (nSPS) is 14.1. The summed E-state index contributed by atoms with van der Waals surface area (Å²) in [5.74, 6) is 0.485. The van der Waals surface area contributed by atoms with E-state index >= 15 is 0 Å². The highest BCUT2D eigenvalue weighted by molar-refractivity contribution is 5.73. The molecule has 5 rings (SSSR count). The number of carboxylic acid groups (broad SMARTS) is 1. The van der Waals surface area contributed by atoms with Crippen LogP contribution in [-0.2, 0) is 11.0 Å². The zero-order valence-electron chi connectivity index (χ0n) is 23.3. The van der Waals surface area contributed by atoms with Crippen LogP contribution in [0.15, 0.2) is 54.9 Å². The summed E-state index contributed by atoms with van der Waals surface area (Å²) < 4.78 is 43.2. The number of piperidine rings is 1. The van der Waals surface area contributed by atoms with Gasteiger partial charge in [-0.15, -0.1) is 0 Å². The van der Waals surface area contributed by atoms with E-state index in [9.17, 15) is 23.1 Å². The highest BCUT2D eigenvalue weighted by Gasteiger charge is 2.32. The van der Waals surface area contributed by atoms with Crippen molar-refractivity contribution in [2.45, 2.75) is 32.9 Å². The zero-order chi connectivity index (χ0) is 30.0. The van der Waals surface area contributed by atoms with E-state index in [1.165, 1.54) is 6.33 Å². The average Bonchev–Trinajstić information content (AvgIpc) is 3.34. The molecule has 1 fully saturated rings. The van der Waals surface area contributed by atoms with Gasteiger partial charge in [0.1, 0.15) is 18.0 Å². The van der Waals surface area contributed by atoms with E-state index in [1.807, 2.05) is 32.0 Å². The first-order valence-electron chi connectivity index (χ1n) is 13.4. The van der Waals surface area contributed by atoms with Gasteiger partial charge in [-0.05, 0) is 62.6 Å². The van der Waals surface area contributed by atoms with Crippen molar-refractivity contribution in [2.24, 2.45) is 5.92 Å². The lowest BCUT2D eigenvalue weighted by atomic mass is 9.96. The number of alkyl halides is 3. The van der Waals surface area contributed by atoms with Crippen molar-refractivity contribution in [3.8, 4) is 5.82 Å². The van der Waals surface area contributed by atoms with E-state index in [1.54, 1.807) is 34.8 Å². The van der Waals surface area contributed by atoms with Gasteiger partial charge in [0.05, 0.1) is 17.2 Å². The Bertz CT molecular complexity index is 1600. The monoisotopic (exact) mass is 580 g/mol. The van der Waals surface area contributed by atoms with Crippen LogP contribution in [0.25, 0.3) is 5.82 Å². The molecule has 1 saturated heterocycles. The Labute approximate surface area is 240 Å². The number of carbonyl (C=O) groups is 1. The van der Waals surface area contributed by atoms with Crippen molar-refractivity contribution in [1.29, 1.82) is 0 Å². The molecule has 2 aromatic carbocycles. The van der Waals surface area contributed by atoms with Crippen LogP contribution >= 0.6 is 0 Å². The van der Waals surface area contributed by atoms with E-state index < -0.39 is 23.6 Å². The first-order valence-corrected chi connectivity index (χ1v) is 13.4. The number of rotatable bonds is 8. The van der Waals surface area contributed by atoms with Crippen molar-refractivity contribution in [3.05, 3.63) is 71.7 Å². The van der Waals surface area contributed by atoms with Crippen LogP contribution in [-0.4, -0.2) is 51.0 Å². The summed E-state index contributed by atoms with van der Waals surface area (Å²) in [4.78, 5) is 21.6. The summed E-state index contributed by atoms with van der Waals surface area (Å²) >= 11 is 0. The highest BCUT2D eigenvalue weighted by Crippen LogP contribution is 2.37. The first-order chi connectivity index (χ1) is 20.0. The molecular weight excluding hydrogens is 549 g/mol. The average molecular weight is 581 g/mol. The van der Waals surface area contributed by atoms with E-state index in [4.69, 9.17) is 0 Å². The molecule has 0 saturated carbocycles. The smallest absolute Gasteiger partial charge is 0.416 e.